The molecule has 0 aromatic heterocycles. The van der Waals surface area contributed by atoms with Gasteiger partial charge in [0.2, 0.25) is 5.91 Å². The van der Waals surface area contributed by atoms with Crippen LogP contribution in [0.15, 0.2) is 24.3 Å². The first-order valence-electron chi connectivity index (χ1n) is 8.03. The molecule has 1 amide bonds. The van der Waals surface area contributed by atoms with Gasteiger partial charge in [0.25, 0.3) is 0 Å². The molecule has 1 heterocycles. The number of benzene rings is 1. The van der Waals surface area contributed by atoms with Gasteiger partial charge in [0.1, 0.15) is 5.82 Å². The maximum absolute atomic E-state index is 13.1. The Morgan fingerprint density at radius 3 is 2.64 bits per heavy atom. The first kappa shape index (κ1) is 16.9. The summed E-state index contributed by atoms with van der Waals surface area (Å²) in [4.78, 5) is 14.4. The summed E-state index contributed by atoms with van der Waals surface area (Å²) in [6, 6.07) is 5.62. The molecule has 1 aromatic rings. The average molecular weight is 308 g/mol. The lowest BCUT2D eigenvalue weighted by Crippen LogP contribution is -2.46. The fourth-order valence-electron chi connectivity index (χ4n) is 2.82. The first-order chi connectivity index (χ1) is 10.6. The van der Waals surface area contributed by atoms with Crippen LogP contribution in [0.1, 0.15) is 44.3 Å². The predicted octanol–water partition coefficient (Wildman–Crippen LogP) is 2.24. The highest BCUT2D eigenvalue weighted by molar-refractivity contribution is 5.81. The molecule has 0 aliphatic carbocycles. The Hall–Kier alpha value is -1.46. The number of halogens is 1. The summed E-state index contributed by atoms with van der Waals surface area (Å²) in [6.07, 6.45) is 3.82. The molecule has 1 saturated heterocycles. The summed E-state index contributed by atoms with van der Waals surface area (Å²) in [5.74, 6) is -0.474. The van der Waals surface area contributed by atoms with Gasteiger partial charge in [-0.15, -0.1) is 0 Å². The van der Waals surface area contributed by atoms with Gasteiger partial charge in [-0.2, -0.15) is 0 Å². The maximum Gasteiger partial charge on any atom is 0.237 e. The van der Waals surface area contributed by atoms with E-state index < -0.39 is 6.10 Å². The van der Waals surface area contributed by atoms with Crippen molar-refractivity contribution in [2.75, 3.05) is 19.6 Å². The zero-order chi connectivity index (χ0) is 15.9. The lowest BCUT2D eigenvalue weighted by Gasteiger charge is -2.27. The zero-order valence-electron chi connectivity index (χ0n) is 13.1. The Bertz CT molecular complexity index is 487. The molecule has 1 aromatic carbocycles. The van der Waals surface area contributed by atoms with Gasteiger partial charge >= 0.3 is 0 Å². The minimum Gasteiger partial charge on any atom is -0.387 e. The second-order valence-electron chi connectivity index (χ2n) is 5.94. The van der Waals surface area contributed by atoms with Crippen LogP contribution in [-0.4, -0.2) is 41.6 Å². The van der Waals surface area contributed by atoms with Gasteiger partial charge in [-0.3, -0.25) is 9.69 Å². The van der Waals surface area contributed by atoms with Crippen molar-refractivity contribution in [3.8, 4) is 0 Å². The molecule has 0 radical (unpaired) electrons. The summed E-state index contributed by atoms with van der Waals surface area (Å²) < 4.78 is 13.1. The smallest absolute Gasteiger partial charge is 0.237 e. The Morgan fingerprint density at radius 2 is 2.00 bits per heavy atom. The Morgan fingerprint density at radius 1 is 1.32 bits per heavy atom. The normalized spacial score (nSPS) is 19.2. The number of hydrogen-bond donors (Lipinski definition) is 2. The summed E-state index contributed by atoms with van der Waals surface area (Å²) in [6.45, 7) is 3.89. The van der Waals surface area contributed by atoms with Crippen molar-refractivity contribution in [2.45, 2.75) is 44.8 Å². The van der Waals surface area contributed by atoms with Crippen molar-refractivity contribution in [1.29, 1.82) is 0 Å². The molecule has 1 aliphatic heterocycles. The zero-order valence-corrected chi connectivity index (χ0v) is 13.1. The fraction of sp³-hybridized carbons (Fsp3) is 0.588. The molecular weight excluding hydrogens is 283 g/mol. The molecular formula is C17H25FN2O2. The SMILES string of the molecule is C[C@H](C(=O)NC[C@@H](O)c1cccc(F)c1)N1CCCCCC1. The molecule has 4 nitrogen and oxygen atoms in total. The highest BCUT2D eigenvalue weighted by atomic mass is 19.1. The number of carbonyl (C=O) groups is 1. The lowest BCUT2D eigenvalue weighted by atomic mass is 10.1. The number of aliphatic hydroxyl groups is 1. The fourth-order valence-corrected chi connectivity index (χ4v) is 2.82. The van der Waals surface area contributed by atoms with E-state index in [0.717, 1.165) is 25.9 Å². The molecule has 0 unspecified atom stereocenters. The number of hydrogen-bond acceptors (Lipinski definition) is 3. The van der Waals surface area contributed by atoms with Crippen LogP contribution in [0.4, 0.5) is 4.39 Å². The summed E-state index contributed by atoms with van der Waals surface area (Å²) in [5.41, 5.74) is 0.475. The van der Waals surface area contributed by atoms with E-state index in [4.69, 9.17) is 0 Å². The third-order valence-corrected chi connectivity index (χ3v) is 4.27. The minimum atomic E-state index is -0.893. The monoisotopic (exact) mass is 308 g/mol. The number of likely N-dealkylation sites (tertiary alicyclic amines) is 1. The van der Waals surface area contributed by atoms with Crippen LogP contribution in [-0.2, 0) is 4.79 Å². The quantitative estimate of drug-likeness (QED) is 0.877. The molecule has 2 rings (SSSR count). The van der Waals surface area contributed by atoms with Crippen LogP contribution >= 0.6 is 0 Å². The second-order valence-corrected chi connectivity index (χ2v) is 5.94. The summed E-state index contributed by atoms with van der Waals surface area (Å²) in [7, 11) is 0. The van der Waals surface area contributed by atoms with Gasteiger partial charge in [-0.25, -0.2) is 4.39 Å². The molecule has 2 N–H and O–H groups in total. The number of rotatable bonds is 5. The third kappa shape index (κ3) is 4.78. The highest BCUT2D eigenvalue weighted by Crippen LogP contribution is 2.14. The molecule has 0 spiro atoms. The molecule has 122 valence electrons. The van der Waals surface area contributed by atoms with Gasteiger partial charge in [-0.1, -0.05) is 25.0 Å². The van der Waals surface area contributed by atoms with Crippen molar-refractivity contribution >= 4 is 5.91 Å². The second kappa shape index (κ2) is 8.25. The largest absolute Gasteiger partial charge is 0.387 e. The van der Waals surface area contributed by atoms with Crippen molar-refractivity contribution in [2.24, 2.45) is 0 Å². The van der Waals surface area contributed by atoms with Gasteiger partial charge in [-0.05, 0) is 50.6 Å². The lowest BCUT2D eigenvalue weighted by molar-refractivity contribution is -0.126. The number of amides is 1. The van der Waals surface area contributed by atoms with E-state index in [2.05, 4.69) is 10.2 Å². The van der Waals surface area contributed by atoms with Crippen LogP contribution in [0.2, 0.25) is 0 Å². The molecule has 5 heteroatoms. The van der Waals surface area contributed by atoms with Gasteiger partial charge in [0.05, 0.1) is 12.1 Å². The van der Waals surface area contributed by atoms with Crippen LogP contribution in [0.25, 0.3) is 0 Å². The standard InChI is InChI=1S/C17H25FN2O2/c1-13(20-9-4-2-3-5-10-20)17(22)19-12-16(21)14-7-6-8-15(18)11-14/h6-8,11,13,16,21H,2-5,9-10,12H2,1H3,(H,19,22)/t13-,16-/m1/s1. The van der Waals surface area contributed by atoms with Crippen LogP contribution < -0.4 is 5.32 Å². The van der Waals surface area contributed by atoms with Crippen LogP contribution in [0.5, 0.6) is 0 Å². The summed E-state index contributed by atoms with van der Waals surface area (Å²) >= 11 is 0. The van der Waals surface area contributed by atoms with E-state index >= 15 is 0 Å². The molecule has 1 fully saturated rings. The summed E-state index contributed by atoms with van der Waals surface area (Å²) in [5, 5.41) is 12.8. The van der Waals surface area contributed by atoms with Crippen molar-refractivity contribution in [1.82, 2.24) is 10.2 Å². The molecule has 2 atom stereocenters. The van der Waals surface area contributed by atoms with Crippen LogP contribution in [0, 0.1) is 5.82 Å². The van der Waals surface area contributed by atoms with Crippen molar-refractivity contribution in [3.63, 3.8) is 0 Å². The number of aliphatic hydroxyl groups excluding tert-OH is 1. The molecule has 0 saturated carbocycles. The maximum atomic E-state index is 13.1. The van der Waals surface area contributed by atoms with E-state index in [1.807, 2.05) is 6.92 Å². The van der Waals surface area contributed by atoms with Crippen molar-refractivity contribution < 1.29 is 14.3 Å². The predicted molar refractivity (Wildman–Crippen MR) is 83.9 cm³/mol. The Kier molecular flexibility index (Phi) is 6.34. The van der Waals surface area contributed by atoms with E-state index in [1.54, 1.807) is 12.1 Å². The van der Waals surface area contributed by atoms with Gasteiger partial charge in [0.15, 0.2) is 0 Å². The first-order valence-corrected chi connectivity index (χ1v) is 8.03. The van der Waals surface area contributed by atoms with E-state index in [1.165, 1.54) is 25.0 Å². The number of nitrogens with one attached hydrogen (secondary N) is 1. The van der Waals surface area contributed by atoms with E-state index in [9.17, 15) is 14.3 Å². The van der Waals surface area contributed by atoms with E-state index in [0.29, 0.717) is 5.56 Å². The molecule has 0 bridgehead atoms. The third-order valence-electron chi connectivity index (χ3n) is 4.27. The Labute approximate surface area is 131 Å². The topological polar surface area (TPSA) is 52.6 Å². The highest BCUT2D eigenvalue weighted by Gasteiger charge is 2.22. The number of carbonyl (C=O) groups excluding carboxylic acids is 1. The van der Waals surface area contributed by atoms with E-state index in [-0.39, 0.29) is 24.3 Å². The number of nitrogens with zero attached hydrogens (tertiary/aromatic N) is 1. The van der Waals surface area contributed by atoms with Crippen molar-refractivity contribution in [3.05, 3.63) is 35.6 Å². The Balaban J connectivity index is 1.83. The average Bonchev–Trinajstić information content (AvgIpc) is 2.80. The molecule has 22 heavy (non-hydrogen) atoms. The van der Waals surface area contributed by atoms with Gasteiger partial charge in [0, 0.05) is 6.54 Å². The van der Waals surface area contributed by atoms with Crippen LogP contribution in [0.3, 0.4) is 0 Å². The minimum absolute atomic E-state index is 0.0858. The van der Waals surface area contributed by atoms with Gasteiger partial charge < -0.3 is 10.4 Å². The molecule has 1 aliphatic rings.